The van der Waals surface area contributed by atoms with E-state index in [0.717, 1.165) is 32.1 Å². The lowest BCUT2D eigenvalue weighted by Gasteiger charge is -2.36. The van der Waals surface area contributed by atoms with Crippen LogP contribution in [0.3, 0.4) is 0 Å². The molecule has 1 aliphatic heterocycles. The number of rotatable bonds is 6. The van der Waals surface area contributed by atoms with Crippen molar-refractivity contribution in [3.8, 4) is 0 Å². The van der Waals surface area contributed by atoms with Gasteiger partial charge in [0.1, 0.15) is 0 Å². The van der Waals surface area contributed by atoms with Crippen molar-refractivity contribution in [2.24, 2.45) is 5.73 Å². The number of halogens is 1. The molecule has 0 aliphatic carbocycles. The summed E-state index contributed by atoms with van der Waals surface area (Å²) in [5, 5.41) is 0. The summed E-state index contributed by atoms with van der Waals surface area (Å²) >= 11 is 0. The number of piperidine rings is 1. The maximum atomic E-state index is 12.1. The van der Waals surface area contributed by atoms with Gasteiger partial charge in [-0.1, -0.05) is 0 Å². The minimum Gasteiger partial charge on any atom is -0.340 e. The largest absolute Gasteiger partial charge is 0.340 e. The molecule has 2 atom stereocenters. The molecule has 6 nitrogen and oxygen atoms in total. The van der Waals surface area contributed by atoms with Gasteiger partial charge in [0, 0.05) is 31.6 Å². The van der Waals surface area contributed by atoms with E-state index in [4.69, 9.17) is 5.73 Å². The number of hydrogen-bond acceptors (Lipinski definition) is 4. The molecule has 1 heterocycles. The standard InChI is InChI=1S/C12H25N3O3S.ClH/c1-10(13)9-12(16)15-8-4-3-5-11(15)6-7-14-19(2,17)18;/h10-11,14H,3-9,13H2,1-2H3;1H. The second kappa shape index (κ2) is 8.81. The molecule has 0 radical (unpaired) electrons. The number of sulfonamides is 1. The van der Waals surface area contributed by atoms with Gasteiger partial charge in [-0.05, 0) is 32.6 Å². The molecule has 1 rings (SSSR count). The van der Waals surface area contributed by atoms with Crippen LogP contribution in [-0.4, -0.2) is 50.7 Å². The zero-order chi connectivity index (χ0) is 14.5. The quantitative estimate of drug-likeness (QED) is 0.741. The van der Waals surface area contributed by atoms with Crippen LogP contribution in [0.25, 0.3) is 0 Å². The molecule has 1 aliphatic rings. The van der Waals surface area contributed by atoms with Crippen LogP contribution in [0.4, 0.5) is 0 Å². The average Bonchev–Trinajstić information content (AvgIpc) is 2.27. The van der Waals surface area contributed by atoms with Crippen molar-refractivity contribution in [3.05, 3.63) is 0 Å². The maximum Gasteiger partial charge on any atom is 0.224 e. The van der Waals surface area contributed by atoms with E-state index in [0.29, 0.717) is 19.4 Å². The minimum atomic E-state index is -3.16. The summed E-state index contributed by atoms with van der Waals surface area (Å²) in [5.41, 5.74) is 5.66. The fourth-order valence-electron chi connectivity index (χ4n) is 2.43. The van der Waals surface area contributed by atoms with Crippen LogP contribution in [0.2, 0.25) is 0 Å². The topological polar surface area (TPSA) is 92.5 Å². The van der Waals surface area contributed by atoms with Crippen molar-refractivity contribution >= 4 is 28.3 Å². The van der Waals surface area contributed by atoms with E-state index in [1.54, 1.807) is 0 Å². The second-order valence-corrected chi connectivity index (χ2v) is 7.21. The molecule has 0 aromatic carbocycles. The zero-order valence-corrected chi connectivity index (χ0v) is 13.8. The predicted octanol–water partition coefficient (Wildman–Crippen LogP) is 0.466. The van der Waals surface area contributed by atoms with Gasteiger partial charge in [-0.15, -0.1) is 12.4 Å². The third-order valence-corrected chi connectivity index (χ3v) is 4.01. The molecule has 0 saturated carbocycles. The molecule has 2 unspecified atom stereocenters. The van der Waals surface area contributed by atoms with Gasteiger partial charge in [0.25, 0.3) is 0 Å². The Kier molecular flexibility index (Phi) is 8.65. The minimum absolute atomic E-state index is 0. The van der Waals surface area contributed by atoms with Crippen molar-refractivity contribution in [3.63, 3.8) is 0 Å². The van der Waals surface area contributed by atoms with Crippen molar-refractivity contribution in [2.75, 3.05) is 19.3 Å². The van der Waals surface area contributed by atoms with Gasteiger partial charge in [0.15, 0.2) is 0 Å². The average molecular weight is 328 g/mol. The summed E-state index contributed by atoms with van der Waals surface area (Å²) in [4.78, 5) is 14.0. The molecular formula is C12H26ClN3O3S. The summed E-state index contributed by atoms with van der Waals surface area (Å²) < 4.78 is 24.5. The number of nitrogens with two attached hydrogens (primary N) is 1. The first kappa shape index (κ1) is 19.6. The Labute approximate surface area is 127 Å². The van der Waals surface area contributed by atoms with E-state index in [9.17, 15) is 13.2 Å². The fourth-order valence-corrected chi connectivity index (χ4v) is 2.92. The summed E-state index contributed by atoms with van der Waals surface area (Å²) in [6.45, 7) is 2.96. The third kappa shape index (κ3) is 7.42. The van der Waals surface area contributed by atoms with E-state index in [2.05, 4.69) is 4.72 Å². The van der Waals surface area contributed by atoms with E-state index in [-0.39, 0.29) is 30.4 Å². The normalized spacial score (nSPS) is 21.1. The Balaban J connectivity index is 0.00000361. The Morgan fingerprint density at radius 2 is 2.10 bits per heavy atom. The first-order chi connectivity index (χ1) is 8.79. The second-order valence-electron chi connectivity index (χ2n) is 5.37. The molecular weight excluding hydrogens is 302 g/mol. The Hall–Kier alpha value is -0.370. The Bertz CT molecular complexity index is 401. The van der Waals surface area contributed by atoms with E-state index in [1.165, 1.54) is 0 Å². The molecule has 120 valence electrons. The monoisotopic (exact) mass is 327 g/mol. The van der Waals surface area contributed by atoms with Crippen LogP contribution >= 0.6 is 12.4 Å². The first-order valence-electron chi connectivity index (χ1n) is 6.79. The van der Waals surface area contributed by atoms with E-state index < -0.39 is 10.0 Å². The van der Waals surface area contributed by atoms with Gasteiger partial charge >= 0.3 is 0 Å². The number of nitrogens with zero attached hydrogens (tertiary/aromatic N) is 1. The zero-order valence-electron chi connectivity index (χ0n) is 12.2. The number of carbonyl (C=O) groups excluding carboxylic acids is 1. The summed E-state index contributed by atoms with van der Waals surface area (Å²) in [6.07, 6.45) is 5.21. The highest BCUT2D eigenvalue weighted by atomic mass is 35.5. The van der Waals surface area contributed by atoms with Crippen LogP contribution in [0.1, 0.15) is 39.0 Å². The Morgan fingerprint density at radius 1 is 1.45 bits per heavy atom. The third-order valence-electron chi connectivity index (χ3n) is 3.29. The van der Waals surface area contributed by atoms with Crippen LogP contribution in [0, 0.1) is 0 Å². The predicted molar refractivity (Wildman–Crippen MR) is 82.3 cm³/mol. The molecule has 1 fully saturated rings. The highest BCUT2D eigenvalue weighted by Gasteiger charge is 2.26. The molecule has 3 N–H and O–H groups in total. The Morgan fingerprint density at radius 3 is 2.65 bits per heavy atom. The SMILES string of the molecule is CC(N)CC(=O)N1CCCCC1CCNS(C)(=O)=O.Cl. The van der Waals surface area contributed by atoms with Crippen LogP contribution in [0.5, 0.6) is 0 Å². The van der Waals surface area contributed by atoms with Gasteiger partial charge in [0.05, 0.1) is 6.26 Å². The summed E-state index contributed by atoms with van der Waals surface area (Å²) in [7, 11) is -3.16. The molecule has 0 spiro atoms. The maximum absolute atomic E-state index is 12.1. The lowest BCUT2D eigenvalue weighted by atomic mass is 9.98. The molecule has 0 bridgehead atoms. The molecule has 20 heavy (non-hydrogen) atoms. The van der Waals surface area contributed by atoms with Crippen molar-refractivity contribution in [1.29, 1.82) is 0 Å². The first-order valence-corrected chi connectivity index (χ1v) is 8.68. The summed E-state index contributed by atoms with van der Waals surface area (Å²) in [6, 6.07) is -0.00142. The fraction of sp³-hybridized carbons (Fsp3) is 0.917. The van der Waals surface area contributed by atoms with Gasteiger partial charge in [-0.3, -0.25) is 4.79 Å². The lowest BCUT2D eigenvalue weighted by molar-refractivity contribution is -0.135. The van der Waals surface area contributed by atoms with Gasteiger partial charge < -0.3 is 10.6 Å². The molecule has 1 amide bonds. The number of hydrogen-bond donors (Lipinski definition) is 2. The number of carbonyl (C=O) groups is 1. The van der Waals surface area contributed by atoms with E-state index >= 15 is 0 Å². The van der Waals surface area contributed by atoms with Gasteiger partial charge in [-0.25, -0.2) is 13.1 Å². The molecule has 8 heteroatoms. The van der Waals surface area contributed by atoms with Crippen LogP contribution in [0.15, 0.2) is 0 Å². The van der Waals surface area contributed by atoms with Crippen molar-refractivity contribution in [2.45, 2.75) is 51.1 Å². The number of nitrogens with one attached hydrogen (secondary N) is 1. The van der Waals surface area contributed by atoms with Crippen molar-refractivity contribution in [1.82, 2.24) is 9.62 Å². The highest BCUT2D eigenvalue weighted by molar-refractivity contribution is 7.88. The van der Waals surface area contributed by atoms with Gasteiger partial charge in [-0.2, -0.15) is 0 Å². The number of likely N-dealkylation sites (tertiary alicyclic amines) is 1. The molecule has 1 saturated heterocycles. The summed E-state index contributed by atoms with van der Waals surface area (Å²) in [5.74, 6) is 0.0825. The van der Waals surface area contributed by atoms with Crippen LogP contribution in [-0.2, 0) is 14.8 Å². The van der Waals surface area contributed by atoms with Crippen LogP contribution < -0.4 is 10.5 Å². The van der Waals surface area contributed by atoms with Gasteiger partial charge in [0.2, 0.25) is 15.9 Å². The lowest BCUT2D eigenvalue weighted by Crippen LogP contribution is -2.46. The smallest absolute Gasteiger partial charge is 0.224 e. The molecule has 0 aromatic heterocycles. The number of amides is 1. The molecule has 0 aromatic rings. The van der Waals surface area contributed by atoms with Crippen molar-refractivity contribution < 1.29 is 13.2 Å². The highest BCUT2D eigenvalue weighted by Crippen LogP contribution is 2.20. The van der Waals surface area contributed by atoms with E-state index in [1.807, 2.05) is 11.8 Å².